The van der Waals surface area contributed by atoms with Crippen LogP contribution in [0.3, 0.4) is 0 Å². The monoisotopic (exact) mass is 312 g/mol. The molecule has 7 heavy (non-hydrogen) atoms. The van der Waals surface area contributed by atoms with Crippen LogP contribution in [0.25, 0.3) is 0 Å². The first kappa shape index (κ1) is 10.6. The van der Waals surface area contributed by atoms with Crippen molar-refractivity contribution in [2.24, 2.45) is 0 Å². The first-order valence-electron chi connectivity index (χ1n) is 1.50. The Labute approximate surface area is 67.9 Å². The molecule has 0 amide bonds. The molecule has 0 aromatic carbocycles. The fourth-order valence-electron chi connectivity index (χ4n) is 0. The maximum absolute atomic E-state index is 9.81. The average Bonchev–Trinajstić information content (AvgIpc) is 1.36. The number of allylic oxidation sites excluding steroid dienone is 1. The molecule has 0 N–H and O–H groups in total. The summed E-state index contributed by atoms with van der Waals surface area (Å²) in [5, 5.41) is -0.463. The molecule has 0 spiro atoms. The first-order valence-corrected chi connectivity index (χ1v) is 1.87. The number of carbonyl (C=O) groups is 1. The quantitative estimate of drug-likeness (QED) is 0.400. The summed E-state index contributed by atoms with van der Waals surface area (Å²) < 4.78 is 0. The van der Waals surface area contributed by atoms with Crippen LogP contribution in [0.5, 0.6) is 0 Å². The van der Waals surface area contributed by atoms with Gasteiger partial charge in [-0.2, -0.15) is 0 Å². The molecule has 38 valence electrons. The van der Waals surface area contributed by atoms with Gasteiger partial charge in [0.2, 0.25) is 5.24 Å². The zero-order valence-corrected chi connectivity index (χ0v) is 8.64. The van der Waals surface area contributed by atoms with Crippen LogP contribution in [0.1, 0.15) is 6.92 Å². The summed E-state index contributed by atoms with van der Waals surface area (Å²) in [6.07, 6.45) is 0. The molecular formula is C4H5ClOPb. The second-order valence-corrected chi connectivity index (χ2v) is 1.40. The van der Waals surface area contributed by atoms with Crippen LogP contribution in [0.4, 0.5) is 0 Å². The molecule has 0 aromatic heterocycles. The minimum absolute atomic E-state index is 0. The van der Waals surface area contributed by atoms with Gasteiger partial charge in [-0.1, -0.05) is 6.58 Å². The summed E-state index contributed by atoms with van der Waals surface area (Å²) in [7, 11) is 0. The molecule has 0 atom stereocenters. The Kier molecular flexibility index (Phi) is 7.21. The van der Waals surface area contributed by atoms with E-state index in [2.05, 4.69) is 6.58 Å². The van der Waals surface area contributed by atoms with Crippen molar-refractivity contribution in [3.63, 3.8) is 0 Å². The van der Waals surface area contributed by atoms with Crippen molar-refractivity contribution in [3.05, 3.63) is 12.2 Å². The van der Waals surface area contributed by atoms with Gasteiger partial charge >= 0.3 is 0 Å². The Hall–Kier alpha value is 0.622. The van der Waals surface area contributed by atoms with Gasteiger partial charge in [-0.3, -0.25) is 4.79 Å². The first-order chi connectivity index (χ1) is 2.64. The molecule has 0 rings (SSSR count). The zero-order chi connectivity index (χ0) is 5.15. The molecule has 0 saturated carbocycles. The van der Waals surface area contributed by atoms with E-state index in [1.165, 1.54) is 0 Å². The van der Waals surface area contributed by atoms with Gasteiger partial charge in [0.25, 0.3) is 0 Å². The summed E-state index contributed by atoms with van der Waals surface area (Å²) >= 11 is 4.87. The predicted molar refractivity (Wildman–Crippen MR) is 31.4 cm³/mol. The number of carbonyl (C=O) groups excluding carboxylic acids is 1. The third kappa shape index (κ3) is 6.62. The van der Waals surface area contributed by atoms with Crippen molar-refractivity contribution in [1.29, 1.82) is 0 Å². The van der Waals surface area contributed by atoms with Gasteiger partial charge in [-0.05, 0) is 18.5 Å². The summed E-state index contributed by atoms with van der Waals surface area (Å²) in [5.74, 6) is 0. The molecule has 4 radical (unpaired) electrons. The third-order valence-corrected chi connectivity index (χ3v) is 0.658. The minimum Gasteiger partial charge on any atom is -0.276 e. The van der Waals surface area contributed by atoms with Gasteiger partial charge in [0.1, 0.15) is 0 Å². The van der Waals surface area contributed by atoms with Crippen molar-refractivity contribution in [2.45, 2.75) is 6.92 Å². The summed E-state index contributed by atoms with van der Waals surface area (Å²) in [4.78, 5) is 9.81. The van der Waals surface area contributed by atoms with Crippen LogP contribution < -0.4 is 0 Å². The molecule has 0 unspecified atom stereocenters. The Morgan fingerprint density at radius 2 is 1.86 bits per heavy atom. The van der Waals surface area contributed by atoms with Crippen LogP contribution in [0.2, 0.25) is 0 Å². The molecule has 1 nitrogen and oxygen atoms in total. The third-order valence-electron chi connectivity index (χ3n) is 0.336. The molecule has 0 aliphatic carbocycles. The van der Waals surface area contributed by atoms with E-state index in [-0.39, 0.29) is 27.3 Å². The maximum atomic E-state index is 9.81. The van der Waals surface area contributed by atoms with Crippen LogP contribution in [-0.4, -0.2) is 32.5 Å². The second-order valence-electron chi connectivity index (χ2n) is 1.05. The molecule has 0 heterocycles. The molecule has 0 saturated heterocycles. The van der Waals surface area contributed by atoms with Crippen molar-refractivity contribution in [1.82, 2.24) is 0 Å². The molecular weight excluding hydrogens is 307 g/mol. The number of hydrogen-bond donors (Lipinski definition) is 0. The van der Waals surface area contributed by atoms with Gasteiger partial charge in [-0.25, -0.2) is 0 Å². The Morgan fingerprint density at radius 1 is 1.71 bits per heavy atom. The zero-order valence-electron chi connectivity index (χ0n) is 3.99. The summed E-state index contributed by atoms with van der Waals surface area (Å²) in [6, 6.07) is 0. The summed E-state index contributed by atoms with van der Waals surface area (Å²) in [5.41, 5.74) is 0.386. The molecule has 0 aliphatic rings. The van der Waals surface area contributed by atoms with E-state index in [1.807, 2.05) is 0 Å². The standard InChI is InChI=1S/C4H5ClO.Pb/c1-3(2)4(5)6;/h1H2,2H3;. The Bertz CT molecular complexity index is 77.7. The second kappa shape index (κ2) is 4.77. The van der Waals surface area contributed by atoms with Crippen molar-refractivity contribution in [3.8, 4) is 0 Å². The van der Waals surface area contributed by atoms with E-state index < -0.39 is 5.24 Å². The van der Waals surface area contributed by atoms with E-state index in [9.17, 15) is 4.79 Å². The number of halogens is 1. The van der Waals surface area contributed by atoms with Crippen LogP contribution >= 0.6 is 11.6 Å². The Balaban J connectivity index is 0. The maximum Gasteiger partial charge on any atom is 0.247 e. The molecule has 0 bridgehead atoms. The Morgan fingerprint density at radius 3 is 1.86 bits per heavy atom. The normalized spacial score (nSPS) is 6.57. The number of hydrogen-bond acceptors (Lipinski definition) is 1. The van der Waals surface area contributed by atoms with Gasteiger partial charge in [0, 0.05) is 32.9 Å². The van der Waals surface area contributed by atoms with Gasteiger partial charge < -0.3 is 0 Å². The van der Waals surface area contributed by atoms with Crippen molar-refractivity contribution < 1.29 is 4.79 Å². The SMILES string of the molecule is C=C(C)C(=O)Cl.[Pb]. The van der Waals surface area contributed by atoms with E-state index in [4.69, 9.17) is 11.6 Å². The average molecular weight is 312 g/mol. The molecule has 3 heteroatoms. The molecule has 0 aromatic rings. The largest absolute Gasteiger partial charge is 0.276 e. The van der Waals surface area contributed by atoms with E-state index >= 15 is 0 Å². The fourth-order valence-corrected chi connectivity index (χ4v) is 0. The number of rotatable bonds is 1. The summed E-state index contributed by atoms with van der Waals surface area (Å²) in [6.45, 7) is 4.84. The fraction of sp³-hybridized carbons (Fsp3) is 0.250. The van der Waals surface area contributed by atoms with Crippen LogP contribution in [0.15, 0.2) is 12.2 Å². The topological polar surface area (TPSA) is 17.1 Å². The van der Waals surface area contributed by atoms with Crippen LogP contribution in [0, 0.1) is 0 Å². The van der Waals surface area contributed by atoms with E-state index in [0.717, 1.165) is 0 Å². The smallest absolute Gasteiger partial charge is 0.247 e. The minimum atomic E-state index is -0.463. The van der Waals surface area contributed by atoms with Crippen molar-refractivity contribution in [2.75, 3.05) is 0 Å². The van der Waals surface area contributed by atoms with E-state index in [0.29, 0.717) is 5.57 Å². The van der Waals surface area contributed by atoms with Crippen molar-refractivity contribution >= 4 is 44.1 Å². The van der Waals surface area contributed by atoms with Gasteiger partial charge in [0.15, 0.2) is 0 Å². The molecule has 0 aliphatic heterocycles. The van der Waals surface area contributed by atoms with Gasteiger partial charge in [-0.15, -0.1) is 0 Å². The predicted octanol–water partition coefficient (Wildman–Crippen LogP) is 0.947. The van der Waals surface area contributed by atoms with E-state index in [1.54, 1.807) is 6.92 Å². The molecule has 0 fully saturated rings. The van der Waals surface area contributed by atoms with Gasteiger partial charge in [0.05, 0.1) is 0 Å². The van der Waals surface area contributed by atoms with Crippen LogP contribution in [-0.2, 0) is 4.79 Å².